The molecule has 2 unspecified atom stereocenters. The van der Waals surface area contributed by atoms with Gasteiger partial charge in [-0.25, -0.2) is 0 Å². The summed E-state index contributed by atoms with van der Waals surface area (Å²) in [6, 6.07) is 3.46. The molecule has 1 saturated heterocycles. The molecule has 6 nitrogen and oxygen atoms in total. The van der Waals surface area contributed by atoms with Gasteiger partial charge in [0, 0.05) is 18.4 Å². The molecule has 3 N–H and O–H groups in total. The third-order valence-electron chi connectivity index (χ3n) is 3.29. The van der Waals surface area contributed by atoms with Crippen LogP contribution in [-0.2, 0) is 9.59 Å². The Kier molecular flexibility index (Phi) is 4.24. The topological polar surface area (TPSA) is 88.3 Å². The number of hydrogen-bond acceptors (Lipinski definition) is 5. The van der Waals surface area contributed by atoms with Crippen LogP contribution < -0.4 is 11.1 Å². The molecule has 1 aliphatic heterocycles. The van der Waals surface area contributed by atoms with Gasteiger partial charge in [-0.05, 0) is 24.1 Å². The zero-order valence-electron chi connectivity index (χ0n) is 10.9. The first kappa shape index (κ1) is 13.6. The van der Waals surface area contributed by atoms with E-state index in [-0.39, 0.29) is 37.0 Å². The zero-order chi connectivity index (χ0) is 13.8. The summed E-state index contributed by atoms with van der Waals surface area (Å²) in [6.45, 7) is 2.36. The van der Waals surface area contributed by atoms with Gasteiger partial charge >= 0.3 is 0 Å². The Hall–Kier alpha value is -1.79. The number of imide groups is 1. The lowest BCUT2D eigenvalue weighted by Crippen LogP contribution is -2.55. The standard InChI is InChI=1S/C13H18N4O2/c1-2-10(14)13(9-3-5-15-6-4-9)17-7-11(18)16-12(19)8-17/h3-6,10,13H,2,7-8,14H2,1H3,(H,16,18,19). The molecule has 1 aliphatic rings. The summed E-state index contributed by atoms with van der Waals surface area (Å²) in [5.74, 6) is -0.558. The highest BCUT2D eigenvalue weighted by Gasteiger charge is 2.32. The number of nitrogens with one attached hydrogen (secondary N) is 1. The molecule has 1 aromatic rings. The van der Waals surface area contributed by atoms with Gasteiger partial charge in [0.15, 0.2) is 0 Å². The quantitative estimate of drug-likeness (QED) is 0.735. The Morgan fingerprint density at radius 3 is 2.42 bits per heavy atom. The fraction of sp³-hybridized carbons (Fsp3) is 0.462. The maximum atomic E-state index is 11.5. The third kappa shape index (κ3) is 3.15. The predicted octanol–water partition coefficient (Wildman–Crippen LogP) is -0.182. The number of rotatable bonds is 4. The summed E-state index contributed by atoms with van der Waals surface area (Å²) >= 11 is 0. The molecule has 19 heavy (non-hydrogen) atoms. The van der Waals surface area contributed by atoms with Gasteiger partial charge in [-0.15, -0.1) is 0 Å². The molecule has 0 bridgehead atoms. The molecule has 0 saturated carbocycles. The fourth-order valence-corrected chi connectivity index (χ4v) is 2.37. The first-order valence-electron chi connectivity index (χ1n) is 6.34. The van der Waals surface area contributed by atoms with E-state index in [1.807, 2.05) is 24.0 Å². The van der Waals surface area contributed by atoms with Crippen molar-refractivity contribution < 1.29 is 9.59 Å². The highest BCUT2D eigenvalue weighted by Crippen LogP contribution is 2.25. The number of aromatic nitrogens is 1. The van der Waals surface area contributed by atoms with E-state index in [1.165, 1.54) is 0 Å². The minimum absolute atomic E-state index is 0.138. The molecule has 0 radical (unpaired) electrons. The lowest BCUT2D eigenvalue weighted by Gasteiger charge is -2.36. The number of pyridine rings is 1. The second kappa shape index (κ2) is 5.90. The zero-order valence-corrected chi connectivity index (χ0v) is 10.9. The van der Waals surface area contributed by atoms with Crippen molar-refractivity contribution in [1.82, 2.24) is 15.2 Å². The van der Waals surface area contributed by atoms with Gasteiger partial charge in [-0.1, -0.05) is 6.92 Å². The average molecular weight is 262 g/mol. The molecule has 102 valence electrons. The SMILES string of the molecule is CCC(N)C(c1ccncc1)N1CC(=O)NC(=O)C1. The van der Waals surface area contributed by atoms with E-state index < -0.39 is 0 Å². The van der Waals surface area contributed by atoms with Crippen LogP contribution in [0.25, 0.3) is 0 Å². The second-order valence-electron chi connectivity index (χ2n) is 4.67. The lowest BCUT2D eigenvalue weighted by atomic mass is 9.96. The summed E-state index contributed by atoms with van der Waals surface area (Å²) in [5.41, 5.74) is 7.14. The van der Waals surface area contributed by atoms with E-state index in [0.29, 0.717) is 0 Å². The predicted molar refractivity (Wildman–Crippen MR) is 70.0 cm³/mol. The van der Waals surface area contributed by atoms with Gasteiger partial charge in [0.25, 0.3) is 0 Å². The van der Waals surface area contributed by atoms with Crippen molar-refractivity contribution in [3.05, 3.63) is 30.1 Å². The normalized spacial score (nSPS) is 19.9. The monoisotopic (exact) mass is 262 g/mol. The minimum atomic E-state index is -0.279. The number of piperazine rings is 1. The molecule has 0 aromatic carbocycles. The van der Waals surface area contributed by atoms with Gasteiger partial charge in [-0.3, -0.25) is 24.8 Å². The van der Waals surface area contributed by atoms with Crippen LogP contribution in [-0.4, -0.2) is 40.8 Å². The Balaban J connectivity index is 2.27. The Morgan fingerprint density at radius 1 is 1.32 bits per heavy atom. The van der Waals surface area contributed by atoms with E-state index in [0.717, 1.165) is 12.0 Å². The Labute approximate surface area is 112 Å². The van der Waals surface area contributed by atoms with Crippen LogP contribution in [0, 0.1) is 0 Å². The van der Waals surface area contributed by atoms with Crippen molar-refractivity contribution in [3.63, 3.8) is 0 Å². The average Bonchev–Trinajstić information content (AvgIpc) is 2.39. The van der Waals surface area contributed by atoms with Gasteiger partial charge < -0.3 is 5.73 Å². The number of nitrogens with two attached hydrogens (primary N) is 1. The maximum Gasteiger partial charge on any atom is 0.240 e. The first-order chi connectivity index (χ1) is 9.11. The number of carbonyl (C=O) groups excluding carboxylic acids is 2. The Bertz CT molecular complexity index is 447. The number of amides is 2. The summed E-state index contributed by atoms with van der Waals surface area (Å²) in [6.07, 6.45) is 4.15. The van der Waals surface area contributed by atoms with E-state index in [1.54, 1.807) is 12.4 Å². The van der Waals surface area contributed by atoms with Crippen LogP contribution in [0.5, 0.6) is 0 Å². The fourth-order valence-electron chi connectivity index (χ4n) is 2.37. The largest absolute Gasteiger partial charge is 0.326 e. The van der Waals surface area contributed by atoms with Gasteiger partial charge in [0.05, 0.1) is 19.1 Å². The molecule has 0 aliphatic carbocycles. The smallest absolute Gasteiger partial charge is 0.240 e. The van der Waals surface area contributed by atoms with Crippen LogP contribution in [0.1, 0.15) is 24.9 Å². The number of hydrogen-bond donors (Lipinski definition) is 2. The number of carbonyl (C=O) groups is 2. The molecule has 2 heterocycles. The maximum absolute atomic E-state index is 11.5. The first-order valence-corrected chi connectivity index (χ1v) is 6.34. The van der Waals surface area contributed by atoms with E-state index >= 15 is 0 Å². The summed E-state index contributed by atoms with van der Waals surface area (Å²) in [7, 11) is 0. The van der Waals surface area contributed by atoms with E-state index in [9.17, 15) is 9.59 Å². The molecule has 2 rings (SSSR count). The molecular weight excluding hydrogens is 244 g/mol. The van der Waals surface area contributed by atoms with Crippen LogP contribution in [0.3, 0.4) is 0 Å². The molecule has 1 fully saturated rings. The van der Waals surface area contributed by atoms with E-state index in [2.05, 4.69) is 10.3 Å². The van der Waals surface area contributed by atoms with Crippen LogP contribution in [0.2, 0.25) is 0 Å². The minimum Gasteiger partial charge on any atom is -0.326 e. The second-order valence-corrected chi connectivity index (χ2v) is 4.67. The van der Waals surface area contributed by atoms with Gasteiger partial charge in [0.1, 0.15) is 0 Å². The van der Waals surface area contributed by atoms with Crippen molar-refractivity contribution in [2.24, 2.45) is 5.73 Å². The summed E-state index contributed by atoms with van der Waals surface area (Å²) in [4.78, 5) is 28.8. The molecule has 1 aromatic heterocycles. The summed E-state index contributed by atoms with van der Waals surface area (Å²) in [5, 5.41) is 2.30. The van der Waals surface area contributed by atoms with Crippen molar-refractivity contribution >= 4 is 11.8 Å². The highest BCUT2D eigenvalue weighted by molar-refractivity contribution is 5.99. The molecule has 0 spiro atoms. The third-order valence-corrected chi connectivity index (χ3v) is 3.29. The van der Waals surface area contributed by atoms with Crippen molar-refractivity contribution in [3.8, 4) is 0 Å². The van der Waals surface area contributed by atoms with Gasteiger partial charge in [0.2, 0.25) is 11.8 Å². The van der Waals surface area contributed by atoms with Crippen LogP contribution in [0.4, 0.5) is 0 Å². The van der Waals surface area contributed by atoms with Gasteiger partial charge in [-0.2, -0.15) is 0 Å². The van der Waals surface area contributed by atoms with Crippen LogP contribution >= 0.6 is 0 Å². The summed E-state index contributed by atoms with van der Waals surface area (Å²) < 4.78 is 0. The molecule has 6 heteroatoms. The lowest BCUT2D eigenvalue weighted by molar-refractivity contribution is -0.137. The Morgan fingerprint density at radius 2 is 1.89 bits per heavy atom. The van der Waals surface area contributed by atoms with Crippen molar-refractivity contribution in [1.29, 1.82) is 0 Å². The molecule has 2 amide bonds. The van der Waals surface area contributed by atoms with E-state index in [4.69, 9.17) is 5.73 Å². The number of nitrogens with zero attached hydrogens (tertiary/aromatic N) is 2. The molecular formula is C13H18N4O2. The molecule has 2 atom stereocenters. The van der Waals surface area contributed by atoms with Crippen LogP contribution in [0.15, 0.2) is 24.5 Å². The highest BCUT2D eigenvalue weighted by atomic mass is 16.2. The van der Waals surface area contributed by atoms with Crippen molar-refractivity contribution in [2.45, 2.75) is 25.4 Å². The van der Waals surface area contributed by atoms with Crippen molar-refractivity contribution in [2.75, 3.05) is 13.1 Å².